The second-order valence-electron chi connectivity index (χ2n) is 7.11. The molecule has 0 bridgehead atoms. The van der Waals surface area contributed by atoms with Crippen molar-refractivity contribution in [2.24, 2.45) is 5.73 Å². The maximum absolute atomic E-state index is 14.7. The Kier molecular flexibility index (Phi) is 7.75. The monoisotopic (exact) mass is 511 g/mol. The second kappa shape index (κ2) is 10.4. The summed E-state index contributed by atoms with van der Waals surface area (Å²) in [6.07, 6.45) is 0. The van der Waals surface area contributed by atoms with E-state index in [1.807, 2.05) is 0 Å². The zero-order valence-electron chi connectivity index (χ0n) is 17.8. The van der Waals surface area contributed by atoms with Gasteiger partial charge in [0.05, 0.1) is 23.4 Å². The lowest BCUT2D eigenvalue weighted by atomic mass is 10.0. The van der Waals surface area contributed by atoms with Gasteiger partial charge in [-0.2, -0.15) is 0 Å². The molecule has 0 saturated heterocycles. The van der Waals surface area contributed by atoms with Gasteiger partial charge in [0.2, 0.25) is 0 Å². The fourth-order valence-electron chi connectivity index (χ4n) is 3.30. The molecule has 3 aromatic rings. The van der Waals surface area contributed by atoms with E-state index in [0.29, 0.717) is 6.07 Å². The van der Waals surface area contributed by atoms with Crippen LogP contribution < -0.4 is 15.2 Å². The molecule has 0 saturated carbocycles. The van der Waals surface area contributed by atoms with Crippen LogP contribution in [0.4, 0.5) is 8.78 Å². The minimum absolute atomic E-state index is 0.0801. The minimum atomic E-state index is -4.38. The largest absolute Gasteiger partial charge is 0.494 e. The summed E-state index contributed by atoms with van der Waals surface area (Å²) >= 11 is 6.00. The number of carboxylic acids is 1. The van der Waals surface area contributed by atoms with Crippen LogP contribution in [-0.4, -0.2) is 39.8 Å². The summed E-state index contributed by atoms with van der Waals surface area (Å²) in [5, 5.41) is 9.02. The van der Waals surface area contributed by atoms with Crippen molar-refractivity contribution >= 4 is 27.4 Å². The van der Waals surface area contributed by atoms with Crippen LogP contribution in [0.3, 0.4) is 0 Å². The Hall–Kier alpha value is -3.21. The quantitative estimate of drug-likeness (QED) is 0.440. The molecule has 3 aromatic carbocycles. The Morgan fingerprint density at radius 2 is 1.79 bits per heavy atom. The maximum Gasteiger partial charge on any atom is 0.335 e. The number of rotatable bonds is 9. The highest BCUT2D eigenvalue weighted by Gasteiger charge is 2.27. The number of nitrogens with two attached hydrogens (primary N) is 1. The minimum Gasteiger partial charge on any atom is -0.494 e. The molecular weight excluding hydrogens is 492 g/mol. The van der Waals surface area contributed by atoms with E-state index in [9.17, 15) is 27.1 Å². The van der Waals surface area contributed by atoms with Crippen LogP contribution in [0, 0.1) is 11.6 Å². The first-order valence-electron chi connectivity index (χ1n) is 9.82. The van der Waals surface area contributed by atoms with Gasteiger partial charge < -0.3 is 20.3 Å². The maximum atomic E-state index is 14.7. The van der Waals surface area contributed by atoms with E-state index < -0.39 is 43.7 Å². The van der Waals surface area contributed by atoms with Gasteiger partial charge in [0.25, 0.3) is 0 Å². The number of sulfone groups is 1. The SMILES string of the molecule is COc1c(Cl)cc(C(=O)O)cc1S(=O)(=O)Cc1cc(-c2ccccc2OCCN)c(F)cc1F. The smallest absolute Gasteiger partial charge is 0.335 e. The van der Waals surface area contributed by atoms with Crippen molar-refractivity contribution < 1.29 is 36.6 Å². The number of para-hydroxylation sites is 1. The van der Waals surface area contributed by atoms with Gasteiger partial charge in [-0.05, 0) is 24.3 Å². The van der Waals surface area contributed by atoms with Crippen LogP contribution in [0.1, 0.15) is 15.9 Å². The molecule has 34 heavy (non-hydrogen) atoms. The van der Waals surface area contributed by atoms with Crippen LogP contribution in [0.5, 0.6) is 11.5 Å². The third kappa shape index (κ3) is 5.30. The van der Waals surface area contributed by atoms with Gasteiger partial charge in [0.15, 0.2) is 15.6 Å². The van der Waals surface area contributed by atoms with E-state index in [-0.39, 0.29) is 46.4 Å². The van der Waals surface area contributed by atoms with Crippen molar-refractivity contribution in [1.29, 1.82) is 0 Å². The zero-order chi connectivity index (χ0) is 25.0. The van der Waals surface area contributed by atoms with Crippen LogP contribution in [0.25, 0.3) is 11.1 Å². The molecule has 0 atom stereocenters. The van der Waals surface area contributed by atoms with Crippen molar-refractivity contribution in [1.82, 2.24) is 0 Å². The Bertz CT molecular complexity index is 1350. The molecule has 0 unspecified atom stereocenters. The molecule has 0 fully saturated rings. The first kappa shape index (κ1) is 25.4. The van der Waals surface area contributed by atoms with Crippen molar-refractivity contribution in [3.05, 3.63) is 76.3 Å². The molecular formula is C23H20ClF2NO6S. The number of carboxylic acid groups (broad SMARTS) is 1. The van der Waals surface area contributed by atoms with Gasteiger partial charge >= 0.3 is 5.97 Å². The molecule has 0 aliphatic carbocycles. The topological polar surface area (TPSA) is 116 Å². The van der Waals surface area contributed by atoms with E-state index in [1.165, 1.54) is 0 Å². The van der Waals surface area contributed by atoms with Crippen LogP contribution in [0.15, 0.2) is 53.4 Å². The highest BCUT2D eigenvalue weighted by Crippen LogP contribution is 2.37. The fourth-order valence-corrected chi connectivity index (χ4v) is 5.22. The normalized spacial score (nSPS) is 11.3. The Morgan fingerprint density at radius 3 is 2.44 bits per heavy atom. The summed E-state index contributed by atoms with van der Waals surface area (Å²) in [4.78, 5) is 10.8. The van der Waals surface area contributed by atoms with Gasteiger partial charge in [-0.15, -0.1) is 0 Å². The summed E-state index contributed by atoms with van der Waals surface area (Å²) < 4.78 is 66.3. The van der Waals surface area contributed by atoms with Crippen molar-refractivity contribution in [2.45, 2.75) is 10.6 Å². The van der Waals surface area contributed by atoms with Gasteiger partial charge in [0.1, 0.15) is 28.9 Å². The van der Waals surface area contributed by atoms with Gasteiger partial charge in [-0.3, -0.25) is 0 Å². The van der Waals surface area contributed by atoms with Gasteiger partial charge in [0, 0.05) is 29.3 Å². The molecule has 0 radical (unpaired) electrons. The van der Waals surface area contributed by atoms with E-state index in [1.54, 1.807) is 24.3 Å². The van der Waals surface area contributed by atoms with E-state index >= 15 is 0 Å². The first-order valence-corrected chi connectivity index (χ1v) is 11.9. The molecule has 7 nitrogen and oxygen atoms in total. The summed E-state index contributed by atoms with van der Waals surface area (Å²) in [7, 11) is -3.21. The summed E-state index contributed by atoms with van der Waals surface area (Å²) in [5.74, 6) is -4.33. The van der Waals surface area contributed by atoms with Crippen molar-refractivity contribution in [3.63, 3.8) is 0 Å². The van der Waals surface area contributed by atoms with Gasteiger partial charge in [-0.25, -0.2) is 22.0 Å². The van der Waals surface area contributed by atoms with Crippen molar-refractivity contribution in [3.8, 4) is 22.6 Å². The lowest BCUT2D eigenvalue weighted by Gasteiger charge is -2.15. The number of hydrogen-bond donors (Lipinski definition) is 2. The lowest BCUT2D eigenvalue weighted by molar-refractivity contribution is 0.0696. The third-order valence-corrected chi connectivity index (χ3v) is 6.78. The number of ether oxygens (including phenoxy) is 2. The summed E-state index contributed by atoms with van der Waals surface area (Å²) in [5.41, 5.74) is 4.92. The Balaban J connectivity index is 2.11. The van der Waals surface area contributed by atoms with E-state index in [0.717, 1.165) is 25.3 Å². The molecule has 0 aliphatic rings. The number of aromatic carboxylic acids is 1. The highest BCUT2D eigenvalue weighted by molar-refractivity contribution is 7.90. The number of methoxy groups -OCH3 is 1. The predicted molar refractivity (Wildman–Crippen MR) is 122 cm³/mol. The van der Waals surface area contributed by atoms with Crippen LogP contribution in [0.2, 0.25) is 5.02 Å². The van der Waals surface area contributed by atoms with Crippen LogP contribution >= 0.6 is 11.6 Å². The molecule has 3 N–H and O–H groups in total. The van der Waals surface area contributed by atoms with Crippen LogP contribution in [-0.2, 0) is 15.6 Å². The third-order valence-electron chi connectivity index (χ3n) is 4.83. The van der Waals surface area contributed by atoms with E-state index in [2.05, 4.69) is 0 Å². The molecule has 180 valence electrons. The molecule has 3 rings (SSSR count). The number of halogens is 3. The molecule has 0 amide bonds. The molecule has 0 spiro atoms. The standard InChI is InChI=1S/C23H20ClF2NO6S/c1-32-22-17(24)9-13(23(28)29)10-21(22)34(30,31)12-14-8-16(19(26)11-18(14)25)15-4-2-3-5-20(15)33-7-6-27/h2-5,8-11H,6-7,12,27H2,1H3,(H,28,29). The average Bonchev–Trinajstić information content (AvgIpc) is 2.79. The van der Waals surface area contributed by atoms with Crippen molar-refractivity contribution in [2.75, 3.05) is 20.3 Å². The first-order chi connectivity index (χ1) is 16.1. The van der Waals surface area contributed by atoms with E-state index in [4.69, 9.17) is 26.8 Å². The highest BCUT2D eigenvalue weighted by atomic mass is 35.5. The molecule has 11 heteroatoms. The Labute approximate surface area is 199 Å². The molecule has 0 aliphatic heterocycles. The summed E-state index contributed by atoms with van der Waals surface area (Å²) in [6, 6.07) is 9.97. The number of benzene rings is 3. The average molecular weight is 512 g/mol. The second-order valence-corrected chi connectivity index (χ2v) is 9.48. The number of carbonyl (C=O) groups is 1. The predicted octanol–water partition coefficient (Wildman–Crippen LogP) is 4.30. The van der Waals surface area contributed by atoms with Gasteiger partial charge in [-0.1, -0.05) is 29.8 Å². The molecule has 0 aromatic heterocycles. The Morgan fingerprint density at radius 1 is 1.09 bits per heavy atom. The fraction of sp³-hybridized carbons (Fsp3) is 0.174. The summed E-state index contributed by atoms with van der Waals surface area (Å²) in [6.45, 7) is 0.366. The molecule has 0 heterocycles. The zero-order valence-corrected chi connectivity index (χ0v) is 19.4. The number of hydrogen-bond acceptors (Lipinski definition) is 6. The lowest BCUT2D eigenvalue weighted by Crippen LogP contribution is -2.12.